The summed E-state index contributed by atoms with van der Waals surface area (Å²) in [6.45, 7) is 4.85. The Labute approximate surface area is 108 Å². The number of hydrogen-bond acceptors (Lipinski definition) is 6. The maximum atomic E-state index is 11.2. The third-order valence-electron chi connectivity index (χ3n) is 1.28. The first-order valence-electron chi connectivity index (χ1n) is 5.20. The van der Waals surface area contributed by atoms with E-state index in [-0.39, 0.29) is 19.8 Å². The Morgan fingerprint density at radius 3 is 2.22 bits per heavy atom. The van der Waals surface area contributed by atoms with Crippen molar-refractivity contribution in [3.8, 4) is 11.8 Å². The standard InChI is InChI=1S/C11H18O6S/c1-11(2,3)17-10(12)9-15-7-5-6-8-16-18(4,13)14/h7-9H2,1-4H3. The van der Waals surface area contributed by atoms with Gasteiger partial charge in [0.1, 0.15) is 25.4 Å². The van der Waals surface area contributed by atoms with Gasteiger partial charge in [0.2, 0.25) is 0 Å². The van der Waals surface area contributed by atoms with E-state index in [0.717, 1.165) is 6.26 Å². The molecular weight excluding hydrogens is 260 g/mol. The number of carbonyl (C=O) groups excluding carboxylic acids is 1. The van der Waals surface area contributed by atoms with Gasteiger partial charge in [0.15, 0.2) is 0 Å². The third-order valence-corrected chi connectivity index (χ3v) is 1.83. The van der Waals surface area contributed by atoms with Crippen molar-refractivity contribution in [1.82, 2.24) is 0 Å². The van der Waals surface area contributed by atoms with Crippen molar-refractivity contribution in [3.05, 3.63) is 0 Å². The van der Waals surface area contributed by atoms with E-state index in [2.05, 4.69) is 16.0 Å². The van der Waals surface area contributed by atoms with Gasteiger partial charge in [0, 0.05) is 0 Å². The van der Waals surface area contributed by atoms with Crippen molar-refractivity contribution in [1.29, 1.82) is 0 Å². The molecule has 0 saturated heterocycles. The number of ether oxygens (including phenoxy) is 2. The molecular formula is C11H18O6S. The summed E-state index contributed by atoms with van der Waals surface area (Å²) in [7, 11) is -3.47. The smallest absolute Gasteiger partial charge is 0.332 e. The van der Waals surface area contributed by atoms with Crippen LogP contribution in [0.3, 0.4) is 0 Å². The summed E-state index contributed by atoms with van der Waals surface area (Å²) in [5.74, 6) is 4.47. The molecule has 0 aromatic rings. The lowest BCUT2D eigenvalue weighted by molar-refractivity contribution is -0.159. The van der Waals surface area contributed by atoms with E-state index in [1.165, 1.54) is 0 Å². The van der Waals surface area contributed by atoms with Crippen LogP contribution in [0.15, 0.2) is 0 Å². The Bertz CT molecular complexity index is 421. The number of carbonyl (C=O) groups is 1. The second kappa shape index (κ2) is 7.36. The van der Waals surface area contributed by atoms with Gasteiger partial charge in [-0.15, -0.1) is 0 Å². The molecule has 0 saturated carbocycles. The van der Waals surface area contributed by atoms with Gasteiger partial charge < -0.3 is 9.47 Å². The SMILES string of the molecule is CC(C)(C)OC(=O)COCC#CCOS(C)(=O)=O. The first kappa shape index (κ1) is 16.9. The lowest BCUT2D eigenvalue weighted by Crippen LogP contribution is -2.26. The summed E-state index contributed by atoms with van der Waals surface area (Å²) in [6, 6.07) is 0. The Kier molecular flexibility index (Phi) is 6.91. The Morgan fingerprint density at radius 2 is 1.72 bits per heavy atom. The highest BCUT2D eigenvalue weighted by molar-refractivity contribution is 7.85. The first-order valence-corrected chi connectivity index (χ1v) is 7.01. The molecule has 0 spiro atoms. The maximum absolute atomic E-state index is 11.2. The third kappa shape index (κ3) is 13.0. The molecule has 0 aliphatic heterocycles. The minimum absolute atomic E-state index is 0.00631. The van der Waals surface area contributed by atoms with Crippen LogP contribution in [0.2, 0.25) is 0 Å². The van der Waals surface area contributed by atoms with Gasteiger partial charge in [-0.3, -0.25) is 4.18 Å². The quantitative estimate of drug-likeness (QED) is 0.312. The van der Waals surface area contributed by atoms with Gasteiger partial charge in [-0.2, -0.15) is 8.42 Å². The van der Waals surface area contributed by atoms with E-state index in [4.69, 9.17) is 9.47 Å². The van der Waals surface area contributed by atoms with Crippen molar-refractivity contribution < 1.29 is 26.9 Å². The average Bonchev–Trinajstić information content (AvgIpc) is 2.11. The van der Waals surface area contributed by atoms with Crippen LogP contribution in [0.4, 0.5) is 0 Å². The lowest BCUT2D eigenvalue weighted by Gasteiger charge is -2.19. The predicted molar refractivity (Wildman–Crippen MR) is 65.2 cm³/mol. The molecule has 0 atom stereocenters. The molecule has 0 aromatic carbocycles. The molecule has 18 heavy (non-hydrogen) atoms. The van der Waals surface area contributed by atoms with E-state index < -0.39 is 21.7 Å². The fourth-order valence-corrected chi connectivity index (χ4v) is 1.07. The van der Waals surface area contributed by atoms with Crippen LogP contribution in [0.5, 0.6) is 0 Å². The summed E-state index contributed by atoms with van der Waals surface area (Å²) in [5, 5.41) is 0. The van der Waals surface area contributed by atoms with Crippen LogP contribution in [0.25, 0.3) is 0 Å². The highest BCUT2D eigenvalue weighted by atomic mass is 32.2. The molecule has 6 nitrogen and oxygen atoms in total. The molecule has 0 radical (unpaired) electrons. The molecule has 0 heterocycles. The van der Waals surface area contributed by atoms with Crippen LogP contribution in [-0.2, 0) is 28.6 Å². The molecule has 0 N–H and O–H groups in total. The van der Waals surface area contributed by atoms with Crippen LogP contribution in [-0.4, -0.2) is 46.1 Å². The molecule has 0 fully saturated rings. The van der Waals surface area contributed by atoms with Crippen molar-refractivity contribution >= 4 is 16.1 Å². The topological polar surface area (TPSA) is 78.9 Å². The van der Waals surface area contributed by atoms with E-state index in [9.17, 15) is 13.2 Å². The molecule has 0 rings (SSSR count). The zero-order chi connectivity index (χ0) is 14.2. The first-order chi connectivity index (χ1) is 8.10. The van der Waals surface area contributed by atoms with Gasteiger partial charge in [0.05, 0.1) is 6.26 Å². The van der Waals surface area contributed by atoms with Crippen LogP contribution in [0.1, 0.15) is 20.8 Å². The van der Waals surface area contributed by atoms with Gasteiger partial charge in [-0.05, 0) is 20.8 Å². The van der Waals surface area contributed by atoms with Crippen molar-refractivity contribution in [2.75, 3.05) is 26.1 Å². The predicted octanol–water partition coefficient (Wildman–Crippen LogP) is 0.324. The fourth-order valence-electron chi connectivity index (χ4n) is 0.795. The lowest BCUT2D eigenvalue weighted by atomic mass is 10.2. The van der Waals surface area contributed by atoms with E-state index in [1.54, 1.807) is 20.8 Å². The normalized spacial score (nSPS) is 11.6. The zero-order valence-corrected chi connectivity index (χ0v) is 11.8. The van der Waals surface area contributed by atoms with Crippen LogP contribution >= 0.6 is 0 Å². The van der Waals surface area contributed by atoms with Crippen molar-refractivity contribution in [2.24, 2.45) is 0 Å². The minimum atomic E-state index is -3.47. The summed E-state index contributed by atoms with van der Waals surface area (Å²) >= 11 is 0. The van der Waals surface area contributed by atoms with E-state index in [1.807, 2.05) is 0 Å². The average molecular weight is 278 g/mol. The zero-order valence-electron chi connectivity index (χ0n) is 11.0. The van der Waals surface area contributed by atoms with Gasteiger partial charge in [0.25, 0.3) is 10.1 Å². The molecule has 0 unspecified atom stereocenters. The molecule has 104 valence electrons. The van der Waals surface area contributed by atoms with Gasteiger partial charge >= 0.3 is 5.97 Å². The highest BCUT2D eigenvalue weighted by Gasteiger charge is 2.15. The van der Waals surface area contributed by atoms with Crippen LogP contribution < -0.4 is 0 Å². The summed E-state index contributed by atoms with van der Waals surface area (Å²) in [5.41, 5.74) is -0.546. The molecule has 0 bridgehead atoms. The molecule has 0 amide bonds. The second-order valence-electron chi connectivity index (χ2n) is 4.40. The number of rotatable bonds is 5. The second-order valence-corrected chi connectivity index (χ2v) is 6.04. The summed E-state index contributed by atoms with van der Waals surface area (Å²) < 4.78 is 35.4. The molecule has 0 aliphatic carbocycles. The number of esters is 1. The summed E-state index contributed by atoms with van der Waals surface area (Å²) in [6.07, 6.45) is 0.938. The molecule has 7 heteroatoms. The Morgan fingerprint density at radius 1 is 1.17 bits per heavy atom. The monoisotopic (exact) mass is 278 g/mol. The Balaban J connectivity index is 3.69. The summed E-state index contributed by atoms with van der Waals surface area (Å²) in [4.78, 5) is 11.2. The fraction of sp³-hybridized carbons (Fsp3) is 0.727. The van der Waals surface area contributed by atoms with Gasteiger partial charge in [-0.1, -0.05) is 11.8 Å². The van der Waals surface area contributed by atoms with E-state index >= 15 is 0 Å². The van der Waals surface area contributed by atoms with Crippen molar-refractivity contribution in [3.63, 3.8) is 0 Å². The minimum Gasteiger partial charge on any atom is -0.458 e. The largest absolute Gasteiger partial charge is 0.458 e. The Hall–Kier alpha value is -1.10. The number of hydrogen-bond donors (Lipinski definition) is 0. The van der Waals surface area contributed by atoms with Crippen LogP contribution in [0, 0.1) is 11.8 Å². The molecule has 0 aromatic heterocycles. The van der Waals surface area contributed by atoms with E-state index in [0.29, 0.717) is 0 Å². The maximum Gasteiger partial charge on any atom is 0.332 e. The molecule has 0 aliphatic rings. The van der Waals surface area contributed by atoms with Crippen molar-refractivity contribution in [2.45, 2.75) is 26.4 Å². The highest BCUT2D eigenvalue weighted by Crippen LogP contribution is 2.06. The van der Waals surface area contributed by atoms with Gasteiger partial charge in [-0.25, -0.2) is 4.79 Å².